The summed E-state index contributed by atoms with van der Waals surface area (Å²) >= 11 is 7.44. The van der Waals surface area contributed by atoms with Crippen molar-refractivity contribution >= 4 is 56.4 Å². The third-order valence-electron chi connectivity index (χ3n) is 3.94. The molecule has 2 heterocycles. The summed E-state index contributed by atoms with van der Waals surface area (Å²) in [5, 5.41) is 8.94. The van der Waals surface area contributed by atoms with Crippen LogP contribution < -0.4 is 16.4 Å². The number of rotatable bonds is 3. The fraction of sp³-hybridized carbons (Fsp3) is 0. The van der Waals surface area contributed by atoms with E-state index in [0.29, 0.717) is 22.2 Å². The summed E-state index contributed by atoms with van der Waals surface area (Å²) in [4.78, 5) is 21.3. The minimum Gasteiger partial charge on any atom is -0.383 e. The van der Waals surface area contributed by atoms with Gasteiger partial charge in [-0.1, -0.05) is 29.8 Å². The van der Waals surface area contributed by atoms with E-state index in [2.05, 4.69) is 20.6 Å². The Morgan fingerprint density at radius 3 is 2.59 bits per heavy atom. The van der Waals surface area contributed by atoms with Gasteiger partial charge in [0.1, 0.15) is 17.0 Å². The summed E-state index contributed by atoms with van der Waals surface area (Å²) in [6.45, 7) is 0. The first-order chi connectivity index (χ1) is 13.1. The Hall–Kier alpha value is -3.16. The number of urea groups is 1. The molecule has 0 saturated carbocycles. The number of nitrogens with two attached hydrogens (primary N) is 1. The molecular weight excluding hydrogens is 382 g/mol. The van der Waals surface area contributed by atoms with Crippen LogP contribution in [0.25, 0.3) is 21.3 Å². The number of aromatic nitrogens is 2. The SMILES string of the molecule is Nc1ncnc2scc(-c3ccc(NC(=O)Nc4cccc(Cl)c4)cc3)c12. The fourth-order valence-electron chi connectivity index (χ4n) is 2.70. The smallest absolute Gasteiger partial charge is 0.323 e. The summed E-state index contributed by atoms with van der Waals surface area (Å²) in [7, 11) is 0. The predicted molar refractivity (Wildman–Crippen MR) is 111 cm³/mol. The van der Waals surface area contributed by atoms with Crippen molar-refractivity contribution in [2.45, 2.75) is 0 Å². The number of nitrogen functional groups attached to an aromatic ring is 1. The van der Waals surface area contributed by atoms with Crippen LogP contribution in [0.5, 0.6) is 0 Å². The first kappa shape index (κ1) is 17.3. The number of thiophene rings is 1. The minimum absolute atomic E-state index is 0.344. The van der Waals surface area contributed by atoms with E-state index >= 15 is 0 Å². The highest BCUT2D eigenvalue weighted by Gasteiger charge is 2.11. The summed E-state index contributed by atoms with van der Waals surface area (Å²) in [5.41, 5.74) is 9.24. The van der Waals surface area contributed by atoms with Gasteiger partial charge in [-0.15, -0.1) is 11.3 Å². The van der Waals surface area contributed by atoms with Gasteiger partial charge in [0.15, 0.2) is 0 Å². The van der Waals surface area contributed by atoms with Crippen molar-refractivity contribution in [2.75, 3.05) is 16.4 Å². The van der Waals surface area contributed by atoms with Crippen molar-refractivity contribution in [3.63, 3.8) is 0 Å². The maximum Gasteiger partial charge on any atom is 0.323 e. The van der Waals surface area contributed by atoms with Crippen LogP contribution in [0.2, 0.25) is 5.02 Å². The van der Waals surface area contributed by atoms with Crippen LogP contribution in [0.3, 0.4) is 0 Å². The van der Waals surface area contributed by atoms with E-state index < -0.39 is 0 Å². The summed E-state index contributed by atoms with van der Waals surface area (Å²) in [6.07, 6.45) is 1.46. The Bertz CT molecular complexity index is 1130. The first-order valence-corrected chi connectivity index (χ1v) is 9.27. The predicted octanol–water partition coefficient (Wildman–Crippen LogP) is 5.24. The van der Waals surface area contributed by atoms with Gasteiger partial charge in [0.2, 0.25) is 0 Å². The molecule has 4 aromatic rings. The molecule has 0 fully saturated rings. The number of amides is 2. The molecule has 0 aliphatic carbocycles. The first-order valence-electron chi connectivity index (χ1n) is 8.02. The number of nitrogens with zero attached hydrogens (tertiary/aromatic N) is 2. The monoisotopic (exact) mass is 395 g/mol. The number of nitrogens with one attached hydrogen (secondary N) is 2. The second-order valence-corrected chi connectivity index (χ2v) is 7.05. The van der Waals surface area contributed by atoms with Crippen LogP contribution in [0.15, 0.2) is 60.2 Å². The lowest BCUT2D eigenvalue weighted by atomic mass is 10.1. The third kappa shape index (κ3) is 3.69. The van der Waals surface area contributed by atoms with Crippen molar-refractivity contribution in [3.05, 3.63) is 65.3 Å². The number of hydrogen-bond donors (Lipinski definition) is 3. The van der Waals surface area contributed by atoms with Gasteiger partial charge < -0.3 is 16.4 Å². The molecule has 8 heteroatoms. The Labute approximate surface area is 164 Å². The normalized spacial score (nSPS) is 10.7. The van der Waals surface area contributed by atoms with Crippen molar-refractivity contribution in [2.24, 2.45) is 0 Å². The number of benzene rings is 2. The van der Waals surface area contributed by atoms with Gasteiger partial charge in [-0.3, -0.25) is 0 Å². The lowest BCUT2D eigenvalue weighted by Crippen LogP contribution is -2.19. The van der Waals surface area contributed by atoms with E-state index in [4.69, 9.17) is 17.3 Å². The Morgan fingerprint density at radius 1 is 1.04 bits per heavy atom. The zero-order chi connectivity index (χ0) is 18.8. The van der Waals surface area contributed by atoms with Crippen molar-refractivity contribution in [1.29, 1.82) is 0 Å². The van der Waals surface area contributed by atoms with Crippen molar-refractivity contribution in [1.82, 2.24) is 9.97 Å². The highest BCUT2D eigenvalue weighted by atomic mass is 35.5. The molecule has 0 spiro atoms. The standard InChI is InChI=1S/C19H14ClN5OS/c20-12-2-1-3-14(8-12)25-19(26)24-13-6-4-11(5-7-13)15-9-27-18-16(15)17(21)22-10-23-18/h1-10H,(H2,21,22,23)(H2,24,25,26). The van der Waals surface area contributed by atoms with E-state index in [1.54, 1.807) is 24.3 Å². The lowest BCUT2D eigenvalue weighted by Gasteiger charge is -2.09. The molecule has 0 unspecified atom stereocenters. The maximum absolute atomic E-state index is 12.1. The van der Waals surface area contributed by atoms with Crippen LogP contribution in [0.4, 0.5) is 22.0 Å². The molecule has 2 aromatic carbocycles. The van der Waals surface area contributed by atoms with Gasteiger partial charge >= 0.3 is 6.03 Å². The molecule has 0 saturated heterocycles. The van der Waals surface area contributed by atoms with Crippen molar-refractivity contribution < 1.29 is 4.79 Å². The second kappa shape index (κ2) is 7.22. The molecule has 4 N–H and O–H groups in total. The highest BCUT2D eigenvalue weighted by molar-refractivity contribution is 7.17. The second-order valence-electron chi connectivity index (χ2n) is 5.76. The highest BCUT2D eigenvalue weighted by Crippen LogP contribution is 2.35. The van der Waals surface area contributed by atoms with E-state index in [0.717, 1.165) is 21.3 Å². The van der Waals surface area contributed by atoms with Gasteiger partial charge in [-0.05, 0) is 35.9 Å². The molecule has 0 bridgehead atoms. The number of carbonyl (C=O) groups excluding carboxylic acids is 1. The van der Waals surface area contributed by atoms with Crippen LogP contribution in [0, 0.1) is 0 Å². The summed E-state index contributed by atoms with van der Waals surface area (Å²) < 4.78 is 0. The quantitative estimate of drug-likeness (QED) is 0.442. The Morgan fingerprint density at radius 2 is 1.81 bits per heavy atom. The van der Waals surface area contributed by atoms with Gasteiger partial charge in [0.25, 0.3) is 0 Å². The number of halogens is 1. The largest absolute Gasteiger partial charge is 0.383 e. The van der Waals surface area contributed by atoms with Crippen LogP contribution >= 0.6 is 22.9 Å². The molecule has 4 rings (SSSR count). The molecule has 2 aromatic heterocycles. The Kier molecular flexibility index (Phi) is 4.62. The average Bonchev–Trinajstić information content (AvgIpc) is 3.08. The molecule has 0 radical (unpaired) electrons. The van der Waals surface area contributed by atoms with E-state index in [-0.39, 0.29) is 6.03 Å². The fourth-order valence-corrected chi connectivity index (χ4v) is 3.82. The zero-order valence-electron chi connectivity index (χ0n) is 13.9. The Balaban J connectivity index is 1.51. The van der Waals surface area contributed by atoms with E-state index in [9.17, 15) is 4.79 Å². The van der Waals surface area contributed by atoms with Crippen LogP contribution in [0.1, 0.15) is 0 Å². The van der Waals surface area contributed by atoms with Gasteiger partial charge in [0, 0.05) is 27.3 Å². The number of carbonyl (C=O) groups is 1. The van der Waals surface area contributed by atoms with Gasteiger partial charge in [-0.25, -0.2) is 14.8 Å². The third-order valence-corrected chi connectivity index (χ3v) is 5.06. The van der Waals surface area contributed by atoms with E-state index in [1.807, 2.05) is 29.6 Å². The van der Waals surface area contributed by atoms with Crippen molar-refractivity contribution in [3.8, 4) is 11.1 Å². The molecule has 27 heavy (non-hydrogen) atoms. The summed E-state index contributed by atoms with van der Waals surface area (Å²) in [5.74, 6) is 0.458. The number of hydrogen-bond acceptors (Lipinski definition) is 5. The molecule has 134 valence electrons. The van der Waals surface area contributed by atoms with Gasteiger partial charge in [-0.2, -0.15) is 0 Å². The topological polar surface area (TPSA) is 92.9 Å². The molecular formula is C19H14ClN5OS. The average molecular weight is 396 g/mol. The minimum atomic E-state index is -0.344. The lowest BCUT2D eigenvalue weighted by molar-refractivity contribution is 0.262. The van der Waals surface area contributed by atoms with Crippen LogP contribution in [-0.2, 0) is 0 Å². The molecule has 2 amide bonds. The molecule has 6 nitrogen and oxygen atoms in total. The maximum atomic E-state index is 12.1. The summed E-state index contributed by atoms with van der Waals surface area (Å²) in [6, 6.07) is 14.1. The number of anilines is 3. The molecule has 0 atom stereocenters. The van der Waals surface area contributed by atoms with Crippen LogP contribution in [-0.4, -0.2) is 16.0 Å². The molecule has 0 aliphatic heterocycles. The number of fused-ring (bicyclic) bond motifs is 1. The van der Waals surface area contributed by atoms with Gasteiger partial charge in [0.05, 0.1) is 5.39 Å². The zero-order valence-corrected chi connectivity index (χ0v) is 15.5. The molecule has 0 aliphatic rings. The van der Waals surface area contributed by atoms with E-state index in [1.165, 1.54) is 17.7 Å².